The molecule has 0 aromatic carbocycles. The Hall–Kier alpha value is -1.37. The molecule has 2 aromatic heterocycles. The number of hydrogen-bond acceptors (Lipinski definition) is 4. The van der Waals surface area contributed by atoms with E-state index in [2.05, 4.69) is 10.6 Å². The van der Waals surface area contributed by atoms with Gasteiger partial charge in [-0.1, -0.05) is 12.1 Å². The number of rotatable bonds is 5. The summed E-state index contributed by atoms with van der Waals surface area (Å²) >= 11 is 3.07. The Balaban J connectivity index is 1.77. The van der Waals surface area contributed by atoms with Gasteiger partial charge in [0.1, 0.15) is 5.60 Å². The molecule has 0 fully saturated rings. The first-order valence-electron chi connectivity index (χ1n) is 5.88. The number of carbonyl (C=O) groups excluding carboxylic acids is 1. The van der Waals surface area contributed by atoms with Crippen LogP contribution < -0.4 is 10.6 Å². The van der Waals surface area contributed by atoms with E-state index in [-0.39, 0.29) is 12.6 Å². The van der Waals surface area contributed by atoms with Crippen molar-refractivity contribution in [3.8, 4) is 0 Å². The van der Waals surface area contributed by atoms with Gasteiger partial charge in [-0.2, -0.15) is 0 Å². The van der Waals surface area contributed by atoms with Crippen molar-refractivity contribution in [3.63, 3.8) is 0 Å². The lowest BCUT2D eigenvalue weighted by molar-refractivity contribution is 0.0631. The number of nitrogens with one attached hydrogen (secondary N) is 2. The minimum atomic E-state index is -1.03. The fraction of sp³-hybridized carbons (Fsp3) is 0.308. The van der Waals surface area contributed by atoms with E-state index in [1.807, 2.05) is 35.0 Å². The maximum Gasteiger partial charge on any atom is 0.315 e. The summed E-state index contributed by atoms with van der Waals surface area (Å²) in [6.45, 7) is 2.38. The molecule has 0 spiro atoms. The number of aliphatic hydroxyl groups is 1. The molecular formula is C13H16N2O2S2. The van der Waals surface area contributed by atoms with Crippen molar-refractivity contribution in [2.24, 2.45) is 0 Å². The predicted molar refractivity (Wildman–Crippen MR) is 78.4 cm³/mol. The van der Waals surface area contributed by atoms with Gasteiger partial charge < -0.3 is 15.7 Å². The third-order valence-corrected chi connectivity index (χ3v) is 4.65. The quantitative estimate of drug-likeness (QED) is 0.794. The van der Waals surface area contributed by atoms with E-state index in [0.29, 0.717) is 6.54 Å². The van der Waals surface area contributed by atoms with Crippen molar-refractivity contribution < 1.29 is 9.90 Å². The van der Waals surface area contributed by atoms with Gasteiger partial charge >= 0.3 is 6.03 Å². The van der Waals surface area contributed by atoms with Gasteiger partial charge in [-0.15, -0.1) is 22.7 Å². The van der Waals surface area contributed by atoms with E-state index in [4.69, 9.17) is 0 Å². The standard InChI is InChI=1S/C13H16N2O2S2/c1-13(17,11-5-3-7-19-11)9-15-12(16)14-8-10-4-2-6-18-10/h2-7,17H,8-9H2,1H3,(H2,14,15,16)/t13-/m1/s1. The third-order valence-electron chi connectivity index (χ3n) is 2.65. The maximum absolute atomic E-state index is 11.6. The lowest BCUT2D eigenvalue weighted by Gasteiger charge is -2.22. The zero-order chi connectivity index (χ0) is 13.7. The molecule has 4 nitrogen and oxygen atoms in total. The van der Waals surface area contributed by atoms with Gasteiger partial charge in [-0.3, -0.25) is 0 Å². The topological polar surface area (TPSA) is 61.4 Å². The summed E-state index contributed by atoms with van der Waals surface area (Å²) in [6, 6.07) is 7.38. The molecule has 6 heteroatoms. The Morgan fingerprint density at radius 1 is 1.26 bits per heavy atom. The molecule has 0 saturated carbocycles. The van der Waals surface area contributed by atoms with Crippen LogP contribution >= 0.6 is 22.7 Å². The molecule has 2 heterocycles. The summed E-state index contributed by atoms with van der Waals surface area (Å²) in [4.78, 5) is 13.6. The van der Waals surface area contributed by atoms with Crippen LogP contribution in [0.2, 0.25) is 0 Å². The first-order chi connectivity index (χ1) is 9.08. The first-order valence-corrected chi connectivity index (χ1v) is 7.64. The number of thiophene rings is 2. The minimum Gasteiger partial charge on any atom is -0.383 e. The number of carbonyl (C=O) groups is 1. The molecule has 2 rings (SSSR count). The smallest absolute Gasteiger partial charge is 0.315 e. The van der Waals surface area contributed by atoms with Gasteiger partial charge in [0.15, 0.2) is 0 Å². The van der Waals surface area contributed by atoms with Gasteiger partial charge in [-0.05, 0) is 29.8 Å². The fourth-order valence-corrected chi connectivity index (χ4v) is 3.00. The van der Waals surface area contributed by atoms with Gasteiger partial charge in [0, 0.05) is 9.75 Å². The minimum absolute atomic E-state index is 0.184. The summed E-state index contributed by atoms with van der Waals surface area (Å²) in [7, 11) is 0. The summed E-state index contributed by atoms with van der Waals surface area (Å²) in [5, 5.41) is 19.6. The monoisotopic (exact) mass is 296 g/mol. The van der Waals surface area contributed by atoms with Crippen molar-refractivity contribution in [2.45, 2.75) is 19.1 Å². The van der Waals surface area contributed by atoms with Crippen molar-refractivity contribution in [1.82, 2.24) is 10.6 Å². The van der Waals surface area contributed by atoms with Crippen molar-refractivity contribution in [2.75, 3.05) is 6.54 Å². The van der Waals surface area contributed by atoms with E-state index < -0.39 is 5.60 Å². The Bertz CT molecular complexity index is 507. The Labute approximate surface area is 120 Å². The first kappa shape index (κ1) is 14.0. The van der Waals surface area contributed by atoms with E-state index >= 15 is 0 Å². The largest absolute Gasteiger partial charge is 0.383 e. The molecule has 0 bridgehead atoms. The second-order valence-corrected chi connectivity index (χ2v) is 6.35. The molecular weight excluding hydrogens is 280 g/mol. The van der Waals surface area contributed by atoms with Crippen LogP contribution in [0.15, 0.2) is 35.0 Å². The predicted octanol–water partition coefficient (Wildman–Crippen LogP) is 2.52. The average molecular weight is 296 g/mol. The Morgan fingerprint density at radius 3 is 2.63 bits per heavy atom. The van der Waals surface area contributed by atoms with Crippen LogP contribution in [0.4, 0.5) is 4.79 Å². The van der Waals surface area contributed by atoms with Crippen LogP contribution in [0.1, 0.15) is 16.7 Å². The van der Waals surface area contributed by atoms with E-state index in [1.54, 1.807) is 18.3 Å². The van der Waals surface area contributed by atoms with Gasteiger partial charge in [-0.25, -0.2) is 4.79 Å². The van der Waals surface area contributed by atoms with Crippen LogP contribution in [0.5, 0.6) is 0 Å². The lowest BCUT2D eigenvalue weighted by atomic mass is 10.1. The van der Waals surface area contributed by atoms with Crippen molar-refractivity contribution in [3.05, 3.63) is 44.8 Å². The molecule has 0 unspecified atom stereocenters. The molecule has 3 N–H and O–H groups in total. The lowest BCUT2D eigenvalue weighted by Crippen LogP contribution is -2.42. The highest BCUT2D eigenvalue weighted by Gasteiger charge is 2.24. The molecule has 1 atom stereocenters. The Kier molecular flexibility index (Phi) is 4.57. The molecule has 0 aliphatic carbocycles. The summed E-state index contributed by atoms with van der Waals surface area (Å²) in [5.41, 5.74) is -1.03. The van der Waals surface area contributed by atoms with Crippen LogP contribution in [-0.4, -0.2) is 17.7 Å². The summed E-state index contributed by atoms with van der Waals surface area (Å²) in [5.74, 6) is 0. The Morgan fingerprint density at radius 2 is 2.00 bits per heavy atom. The second-order valence-electron chi connectivity index (χ2n) is 4.37. The van der Waals surface area contributed by atoms with Gasteiger partial charge in [0.2, 0.25) is 0 Å². The molecule has 0 aliphatic heterocycles. The van der Waals surface area contributed by atoms with Crippen LogP contribution in [0, 0.1) is 0 Å². The zero-order valence-electron chi connectivity index (χ0n) is 10.6. The molecule has 2 aromatic rings. The number of hydrogen-bond donors (Lipinski definition) is 3. The highest BCUT2D eigenvalue weighted by molar-refractivity contribution is 7.10. The molecule has 0 aliphatic rings. The summed E-state index contributed by atoms with van der Waals surface area (Å²) in [6.07, 6.45) is 0. The van der Waals surface area contributed by atoms with Crippen LogP contribution in [0.3, 0.4) is 0 Å². The SMILES string of the molecule is C[C@@](O)(CNC(=O)NCc1cccs1)c1cccs1. The van der Waals surface area contributed by atoms with Crippen LogP contribution in [-0.2, 0) is 12.1 Å². The second kappa shape index (κ2) is 6.18. The zero-order valence-corrected chi connectivity index (χ0v) is 12.2. The van der Waals surface area contributed by atoms with E-state index in [0.717, 1.165) is 9.75 Å². The van der Waals surface area contributed by atoms with E-state index in [1.165, 1.54) is 11.3 Å². The summed E-state index contributed by atoms with van der Waals surface area (Å²) < 4.78 is 0. The van der Waals surface area contributed by atoms with E-state index in [9.17, 15) is 9.90 Å². The number of urea groups is 1. The van der Waals surface area contributed by atoms with Gasteiger partial charge in [0.05, 0.1) is 13.1 Å². The highest BCUT2D eigenvalue weighted by atomic mass is 32.1. The van der Waals surface area contributed by atoms with Crippen molar-refractivity contribution >= 4 is 28.7 Å². The molecule has 102 valence electrons. The third kappa shape index (κ3) is 4.05. The van der Waals surface area contributed by atoms with Crippen molar-refractivity contribution in [1.29, 1.82) is 0 Å². The fourth-order valence-electron chi connectivity index (χ4n) is 1.57. The molecule has 0 radical (unpaired) electrons. The molecule has 0 saturated heterocycles. The molecule has 2 amide bonds. The molecule has 19 heavy (non-hydrogen) atoms. The number of amides is 2. The maximum atomic E-state index is 11.6. The van der Waals surface area contributed by atoms with Gasteiger partial charge in [0.25, 0.3) is 0 Å². The van der Waals surface area contributed by atoms with Crippen LogP contribution in [0.25, 0.3) is 0 Å². The average Bonchev–Trinajstić information content (AvgIpc) is 3.06. The highest BCUT2D eigenvalue weighted by Crippen LogP contribution is 2.24. The normalized spacial score (nSPS) is 13.8.